The lowest BCUT2D eigenvalue weighted by molar-refractivity contribution is -0.296. The lowest BCUT2D eigenvalue weighted by Gasteiger charge is -2.39. The van der Waals surface area contributed by atoms with Gasteiger partial charge in [-0.1, -0.05) is 13.8 Å². The van der Waals surface area contributed by atoms with Crippen molar-refractivity contribution in [2.75, 3.05) is 13.2 Å². The summed E-state index contributed by atoms with van der Waals surface area (Å²) in [5.41, 5.74) is 0. The molecule has 0 aromatic rings. The van der Waals surface area contributed by atoms with Crippen molar-refractivity contribution in [3.05, 3.63) is 0 Å². The number of ether oxygens (including phenoxy) is 3. The summed E-state index contributed by atoms with van der Waals surface area (Å²) in [4.78, 5) is 0. The van der Waals surface area contributed by atoms with Crippen LogP contribution in [0.2, 0.25) is 0 Å². The van der Waals surface area contributed by atoms with Crippen molar-refractivity contribution in [1.29, 1.82) is 0 Å². The number of nitrogens with two attached hydrogens (primary N) is 1. The molecule has 4 unspecified atom stereocenters. The normalized spacial score (nSPS) is 40.2. The SMILES string of the molecule is CCC1(CC)OC2C3OS(=O)(=O)OC3COC2(COS(N)(=O)=O)O1. The maximum atomic E-state index is 11.6. The van der Waals surface area contributed by atoms with Crippen LogP contribution in [0.15, 0.2) is 0 Å². The van der Waals surface area contributed by atoms with Crippen molar-refractivity contribution in [3.8, 4) is 0 Å². The van der Waals surface area contributed by atoms with Gasteiger partial charge in [-0.15, -0.1) is 0 Å². The van der Waals surface area contributed by atoms with E-state index < -0.39 is 57.2 Å². The molecule has 0 amide bonds. The molecular weight excluding hydrogens is 370 g/mol. The quantitative estimate of drug-likeness (QED) is 0.613. The minimum absolute atomic E-state index is 0.207. The molecule has 2 N–H and O–H groups in total. The monoisotopic (exact) mass is 389 g/mol. The number of fused-ring (bicyclic) bond motifs is 3. The van der Waals surface area contributed by atoms with Crippen LogP contribution in [-0.4, -0.2) is 59.9 Å². The van der Waals surface area contributed by atoms with E-state index in [1.54, 1.807) is 13.8 Å². The molecule has 4 atom stereocenters. The van der Waals surface area contributed by atoms with E-state index in [-0.39, 0.29) is 6.61 Å². The fourth-order valence-corrected chi connectivity index (χ4v) is 4.38. The maximum Gasteiger partial charge on any atom is 0.400 e. The minimum atomic E-state index is -4.27. The van der Waals surface area contributed by atoms with E-state index in [0.29, 0.717) is 12.8 Å². The second-order valence-electron chi connectivity index (χ2n) is 5.74. The first kappa shape index (κ1) is 18.4. The highest BCUT2D eigenvalue weighted by molar-refractivity contribution is 7.84. The molecule has 11 nitrogen and oxygen atoms in total. The van der Waals surface area contributed by atoms with Crippen LogP contribution in [0.3, 0.4) is 0 Å². The van der Waals surface area contributed by atoms with Gasteiger partial charge in [0.2, 0.25) is 5.79 Å². The van der Waals surface area contributed by atoms with Gasteiger partial charge in [-0.05, 0) is 12.8 Å². The Hall–Kier alpha value is -0.380. The van der Waals surface area contributed by atoms with Crippen molar-refractivity contribution in [2.45, 2.75) is 56.6 Å². The van der Waals surface area contributed by atoms with Crippen LogP contribution in [0.4, 0.5) is 0 Å². The van der Waals surface area contributed by atoms with Gasteiger partial charge in [0.15, 0.2) is 5.79 Å². The zero-order valence-electron chi connectivity index (χ0n) is 13.0. The molecule has 0 aromatic heterocycles. The summed E-state index contributed by atoms with van der Waals surface area (Å²) in [6.45, 7) is 2.79. The van der Waals surface area contributed by atoms with E-state index in [4.69, 9.17) is 27.7 Å². The summed E-state index contributed by atoms with van der Waals surface area (Å²) in [5.74, 6) is -2.78. The summed E-state index contributed by atoms with van der Waals surface area (Å²) in [6, 6.07) is 0. The van der Waals surface area contributed by atoms with Gasteiger partial charge in [0.25, 0.3) is 0 Å². The zero-order valence-corrected chi connectivity index (χ0v) is 14.7. The Morgan fingerprint density at radius 2 is 1.92 bits per heavy atom. The smallest absolute Gasteiger partial charge is 0.343 e. The molecule has 0 radical (unpaired) electrons. The van der Waals surface area contributed by atoms with Gasteiger partial charge >= 0.3 is 20.7 Å². The Bertz CT molecular complexity index is 702. The molecule has 3 aliphatic rings. The van der Waals surface area contributed by atoms with E-state index in [1.165, 1.54) is 0 Å². The molecular formula is C11H19NO10S2. The largest absolute Gasteiger partial charge is 0.400 e. The molecule has 0 aromatic carbocycles. The molecule has 3 heterocycles. The average molecular weight is 389 g/mol. The standard InChI is InChI=1S/C11H19NO10S2/c1-3-10(4-2)19-9-8-7(20-24(15,16)21-8)5-17-11(9,22-10)6-18-23(12,13)14/h7-9H,3-6H2,1-2H3,(H2,12,13,14). The summed E-state index contributed by atoms with van der Waals surface area (Å²) < 4.78 is 77.1. The Kier molecular flexibility index (Phi) is 4.47. The highest BCUT2D eigenvalue weighted by Crippen LogP contribution is 2.48. The highest BCUT2D eigenvalue weighted by atomic mass is 32.3. The first-order valence-electron chi connectivity index (χ1n) is 7.34. The Morgan fingerprint density at radius 3 is 2.50 bits per heavy atom. The predicted octanol–water partition coefficient (Wildman–Crippen LogP) is -1.11. The fraction of sp³-hybridized carbons (Fsp3) is 1.00. The van der Waals surface area contributed by atoms with E-state index in [0.717, 1.165) is 0 Å². The van der Waals surface area contributed by atoms with E-state index in [9.17, 15) is 16.8 Å². The summed E-state index contributed by atoms with van der Waals surface area (Å²) in [7, 11) is -8.46. The van der Waals surface area contributed by atoms with E-state index in [2.05, 4.69) is 4.18 Å². The van der Waals surface area contributed by atoms with Crippen LogP contribution in [0.25, 0.3) is 0 Å². The van der Waals surface area contributed by atoms with Gasteiger partial charge in [0, 0.05) is 0 Å². The minimum Gasteiger partial charge on any atom is -0.343 e. The number of rotatable bonds is 5. The van der Waals surface area contributed by atoms with Crippen molar-refractivity contribution in [2.24, 2.45) is 5.14 Å². The molecule has 3 saturated heterocycles. The predicted molar refractivity (Wildman–Crippen MR) is 75.7 cm³/mol. The Balaban J connectivity index is 1.94. The molecule has 3 aliphatic heterocycles. The molecule has 0 spiro atoms. The first-order valence-corrected chi connectivity index (χ1v) is 10.1. The van der Waals surface area contributed by atoms with Crippen molar-refractivity contribution >= 4 is 20.7 Å². The van der Waals surface area contributed by atoms with Gasteiger partial charge in [0.05, 0.1) is 6.61 Å². The molecule has 3 rings (SSSR count). The Morgan fingerprint density at radius 1 is 1.25 bits per heavy atom. The van der Waals surface area contributed by atoms with Gasteiger partial charge in [-0.2, -0.15) is 16.8 Å². The van der Waals surface area contributed by atoms with Crippen molar-refractivity contribution < 1.29 is 43.6 Å². The van der Waals surface area contributed by atoms with Crippen LogP contribution in [-0.2, 0) is 47.5 Å². The van der Waals surface area contributed by atoms with E-state index >= 15 is 0 Å². The second kappa shape index (κ2) is 5.82. The topological polar surface area (TPSA) is 150 Å². The lowest BCUT2D eigenvalue weighted by atomic mass is 9.98. The van der Waals surface area contributed by atoms with Gasteiger partial charge in [-0.3, -0.25) is 4.18 Å². The van der Waals surface area contributed by atoms with Crippen LogP contribution < -0.4 is 5.14 Å². The molecule has 0 aliphatic carbocycles. The third-order valence-corrected chi connectivity index (χ3v) is 5.65. The van der Waals surface area contributed by atoms with Gasteiger partial charge in [0.1, 0.15) is 24.9 Å². The molecule has 140 valence electrons. The van der Waals surface area contributed by atoms with Crippen LogP contribution >= 0.6 is 0 Å². The number of hydrogen-bond acceptors (Lipinski definition) is 10. The lowest BCUT2D eigenvalue weighted by Crippen LogP contribution is -2.60. The fourth-order valence-electron chi connectivity index (χ4n) is 3.04. The average Bonchev–Trinajstić information content (AvgIpc) is 2.99. The molecule has 24 heavy (non-hydrogen) atoms. The third-order valence-electron chi connectivity index (χ3n) is 4.26. The van der Waals surface area contributed by atoms with Gasteiger partial charge in [-0.25, -0.2) is 13.5 Å². The molecule has 0 saturated carbocycles. The molecule has 3 fully saturated rings. The first-order chi connectivity index (χ1) is 11.0. The van der Waals surface area contributed by atoms with E-state index in [1.807, 2.05) is 0 Å². The number of hydrogen-bond donors (Lipinski definition) is 1. The van der Waals surface area contributed by atoms with Crippen LogP contribution in [0, 0.1) is 0 Å². The third kappa shape index (κ3) is 3.20. The van der Waals surface area contributed by atoms with Crippen LogP contribution in [0.5, 0.6) is 0 Å². The summed E-state index contributed by atoms with van der Waals surface area (Å²) >= 11 is 0. The Labute approximate surface area is 139 Å². The maximum absolute atomic E-state index is 11.6. The summed E-state index contributed by atoms with van der Waals surface area (Å²) in [5, 5.41) is 4.86. The summed E-state index contributed by atoms with van der Waals surface area (Å²) in [6.07, 6.45) is -2.23. The second-order valence-corrected chi connectivity index (χ2v) is 8.16. The molecule has 13 heteroatoms. The van der Waals surface area contributed by atoms with Gasteiger partial charge < -0.3 is 14.2 Å². The molecule has 0 bridgehead atoms. The van der Waals surface area contributed by atoms with Crippen molar-refractivity contribution in [3.63, 3.8) is 0 Å². The zero-order chi connectivity index (χ0) is 17.8. The van der Waals surface area contributed by atoms with Crippen molar-refractivity contribution in [1.82, 2.24) is 0 Å². The van der Waals surface area contributed by atoms with Crippen LogP contribution in [0.1, 0.15) is 26.7 Å². The highest BCUT2D eigenvalue weighted by Gasteiger charge is 2.67.